The number of hydrogen-bond acceptors (Lipinski definition) is 5. The molecule has 0 radical (unpaired) electrons. The summed E-state index contributed by atoms with van der Waals surface area (Å²) in [5.41, 5.74) is 0.908. The number of carboxylic acid groups (broad SMARTS) is 1. The monoisotopic (exact) mass is 363 g/mol. The summed E-state index contributed by atoms with van der Waals surface area (Å²) in [7, 11) is 0. The predicted molar refractivity (Wildman–Crippen MR) is 99.2 cm³/mol. The summed E-state index contributed by atoms with van der Waals surface area (Å²) in [6.07, 6.45) is 0.500. The molecule has 0 bridgehead atoms. The van der Waals surface area contributed by atoms with E-state index in [0.29, 0.717) is 32.6 Å². The quantitative estimate of drug-likeness (QED) is 0.668. The second kappa shape index (κ2) is 8.82. The lowest BCUT2D eigenvalue weighted by atomic mass is 9.87. The fourth-order valence-corrected chi connectivity index (χ4v) is 3.11. The molecule has 0 aliphatic carbocycles. The van der Waals surface area contributed by atoms with E-state index in [1.54, 1.807) is 4.90 Å². The van der Waals surface area contributed by atoms with Gasteiger partial charge in [0, 0.05) is 43.9 Å². The van der Waals surface area contributed by atoms with Crippen LogP contribution in [0.25, 0.3) is 0 Å². The number of aryl methyl sites for hydroxylation is 1. The maximum Gasteiger partial charge on any atom is 0.317 e. The maximum absolute atomic E-state index is 12.2. The molecule has 1 aromatic heterocycles. The number of hydrogen-bond donors (Lipinski definition) is 3. The van der Waals surface area contributed by atoms with Gasteiger partial charge in [0.05, 0.1) is 5.92 Å². The molecule has 1 fully saturated rings. The van der Waals surface area contributed by atoms with E-state index >= 15 is 0 Å². The molecular weight excluding hydrogens is 334 g/mol. The van der Waals surface area contributed by atoms with Gasteiger partial charge in [-0.25, -0.2) is 14.8 Å². The minimum Gasteiger partial charge on any atom is -0.481 e. The molecule has 3 N–H and O–H groups in total. The van der Waals surface area contributed by atoms with Crippen LogP contribution in [-0.2, 0) is 4.79 Å². The van der Waals surface area contributed by atoms with Gasteiger partial charge in [0.25, 0.3) is 0 Å². The summed E-state index contributed by atoms with van der Waals surface area (Å²) in [6.45, 7) is 9.88. The standard InChI is InChI=1S/C18H29N5O3/c1-11(2)16-21-13(4)9-15(22-16)19-6-7-20-18(26)23-8-5-14(17(24)25)12(3)10-23/h9,11-12,14H,5-8,10H2,1-4H3,(H,20,26)(H,24,25)(H,19,21,22). The number of aromatic nitrogens is 2. The van der Waals surface area contributed by atoms with Crippen LogP contribution in [0.4, 0.5) is 10.6 Å². The molecule has 8 heteroatoms. The molecular formula is C18H29N5O3. The van der Waals surface area contributed by atoms with Crippen LogP contribution in [0.5, 0.6) is 0 Å². The van der Waals surface area contributed by atoms with Gasteiger partial charge in [0.1, 0.15) is 11.6 Å². The van der Waals surface area contributed by atoms with E-state index in [2.05, 4.69) is 20.6 Å². The zero-order chi connectivity index (χ0) is 19.3. The van der Waals surface area contributed by atoms with Crippen molar-refractivity contribution in [2.45, 2.75) is 40.0 Å². The van der Waals surface area contributed by atoms with Crippen molar-refractivity contribution in [2.24, 2.45) is 11.8 Å². The Morgan fingerprint density at radius 3 is 2.69 bits per heavy atom. The van der Waals surface area contributed by atoms with Gasteiger partial charge in [0.2, 0.25) is 0 Å². The number of amides is 2. The van der Waals surface area contributed by atoms with Crippen LogP contribution in [0.2, 0.25) is 0 Å². The molecule has 2 unspecified atom stereocenters. The van der Waals surface area contributed by atoms with E-state index in [4.69, 9.17) is 5.11 Å². The predicted octanol–water partition coefficient (Wildman–Crippen LogP) is 2.07. The molecule has 26 heavy (non-hydrogen) atoms. The lowest BCUT2D eigenvalue weighted by Gasteiger charge is -2.34. The normalized spacial score (nSPS) is 20.1. The Kier molecular flexibility index (Phi) is 6.76. The molecule has 0 saturated carbocycles. The lowest BCUT2D eigenvalue weighted by molar-refractivity contribution is -0.145. The molecule has 144 valence electrons. The van der Waals surface area contributed by atoms with Crippen LogP contribution >= 0.6 is 0 Å². The van der Waals surface area contributed by atoms with Crippen molar-refractivity contribution in [1.29, 1.82) is 0 Å². The van der Waals surface area contributed by atoms with Gasteiger partial charge in [-0.05, 0) is 19.3 Å². The Morgan fingerprint density at radius 1 is 1.35 bits per heavy atom. The van der Waals surface area contributed by atoms with Gasteiger partial charge < -0.3 is 20.6 Å². The van der Waals surface area contributed by atoms with Crippen molar-refractivity contribution in [2.75, 3.05) is 31.5 Å². The summed E-state index contributed by atoms with van der Waals surface area (Å²) >= 11 is 0. The van der Waals surface area contributed by atoms with Crippen LogP contribution in [0.1, 0.15) is 44.6 Å². The fourth-order valence-electron chi connectivity index (χ4n) is 3.11. The number of piperidine rings is 1. The van der Waals surface area contributed by atoms with Crippen LogP contribution in [0, 0.1) is 18.8 Å². The van der Waals surface area contributed by atoms with E-state index in [0.717, 1.165) is 17.3 Å². The highest BCUT2D eigenvalue weighted by atomic mass is 16.4. The molecule has 2 rings (SSSR count). The Morgan fingerprint density at radius 2 is 2.08 bits per heavy atom. The van der Waals surface area contributed by atoms with E-state index in [1.807, 2.05) is 33.8 Å². The smallest absolute Gasteiger partial charge is 0.317 e. The number of likely N-dealkylation sites (tertiary alicyclic amines) is 1. The molecule has 1 saturated heterocycles. The average molecular weight is 363 g/mol. The number of carboxylic acids is 1. The number of urea groups is 1. The van der Waals surface area contributed by atoms with Gasteiger partial charge in [0.15, 0.2) is 0 Å². The van der Waals surface area contributed by atoms with Gasteiger partial charge >= 0.3 is 12.0 Å². The SMILES string of the molecule is Cc1cc(NCCNC(=O)N2CCC(C(=O)O)C(C)C2)nc(C(C)C)n1. The number of anilines is 1. The molecule has 8 nitrogen and oxygen atoms in total. The Hall–Kier alpha value is -2.38. The largest absolute Gasteiger partial charge is 0.481 e. The molecule has 1 aliphatic rings. The van der Waals surface area contributed by atoms with E-state index in [-0.39, 0.29) is 23.8 Å². The number of carbonyl (C=O) groups is 2. The molecule has 1 aliphatic heterocycles. The Balaban J connectivity index is 1.76. The Labute approximate surface area is 154 Å². The van der Waals surface area contributed by atoms with Crippen molar-refractivity contribution in [3.8, 4) is 0 Å². The van der Waals surface area contributed by atoms with Gasteiger partial charge in [-0.3, -0.25) is 4.79 Å². The third-order valence-electron chi connectivity index (χ3n) is 4.60. The zero-order valence-corrected chi connectivity index (χ0v) is 16.0. The van der Waals surface area contributed by atoms with Crippen LogP contribution in [0.15, 0.2) is 6.07 Å². The van der Waals surface area contributed by atoms with Crippen LogP contribution < -0.4 is 10.6 Å². The van der Waals surface area contributed by atoms with Crippen LogP contribution in [0.3, 0.4) is 0 Å². The fraction of sp³-hybridized carbons (Fsp3) is 0.667. The summed E-state index contributed by atoms with van der Waals surface area (Å²) in [5.74, 6) is 0.632. The zero-order valence-electron chi connectivity index (χ0n) is 16.0. The van der Waals surface area contributed by atoms with Crippen molar-refractivity contribution < 1.29 is 14.7 Å². The minimum absolute atomic E-state index is 0.0384. The maximum atomic E-state index is 12.2. The summed E-state index contributed by atoms with van der Waals surface area (Å²) in [4.78, 5) is 34.0. The second-order valence-corrected chi connectivity index (χ2v) is 7.22. The van der Waals surface area contributed by atoms with Gasteiger partial charge in [-0.15, -0.1) is 0 Å². The van der Waals surface area contributed by atoms with Crippen molar-refractivity contribution in [3.63, 3.8) is 0 Å². The topological polar surface area (TPSA) is 107 Å². The van der Waals surface area contributed by atoms with Gasteiger partial charge in [-0.1, -0.05) is 20.8 Å². The van der Waals surface area contributed by atoms with Crippen molar-refractivity contribution in [1.82, 2.24) is 20.2 Å². The highest BCUT2D eigenvalue weighted by Crippen LogP contribution is 2.23. The van der Waals surface area contributed by atoms with Crippen molar-refractivity contribution >= 4 is 17.8 Å². The number of nitrogens with one attached hydrogen (secondary N) is 2. The number of nitrogens with zero attached hydrogens (tertiary/aromatic N) is 3. The summed E-state index contributed by atoms with van der Waals surface area (Å²) in [6, 6.07) is 1.73. The molecule has 2 heterocycles. The average Bonchev–Trinajstić information content (AvgIpc) is 2.57. The highest BCUT2D eigenvalue weighted by molar-refractivity contribution is 5.75. The first-order chi connectivity index (χ1) is 12.3. The van der Waals surface area contributed by atoms with E-state index in [1.165, 1.54) is 0 Å². The Bertz CT molecular complexity index is 650. The first-order valence-electron chi connectivity index (χ1n) is 9.13. The molecule has 1 aromatic rings. The second-order valence-electron chi connectivity index (χ2n) is 7.22. The lowest BCUT2D eigenvalue weighted by Crippen LogP contribution is -2.49. The van der Waals surface area contributed by atoms with E-state index in [9.17, 15) is 9.59 Å². The summed E-state index contributed by atoms with van der Waals surface area (Å²) in [5, 5.41) is 15.2. The molecule has 2 atom stereocenters. The number of carbonyl (C=O) groups excluding carboxylic acids is 1. The first-order valence-corrected chi connectivity index (χ1v) is 9.13. The minimum atomic E-state index is -0.775. The van der Waals surface area contributed by atoms with Crippen molar-refractivity contribution in [3.05, 3.63) is 17.6 Å². The molecule has 0 aromatic carbocycles. The van der Waals surface area contributed by atoms with Gasteiger partial charge in [-0.2, -0.15) is 0 Å². The van der Waals surface area contributed by atoms with E-state index < -0.39 is 5.97 Å². The third kappa shape index (κ3) is 5.31. The number of rotatable bonds is 6. The van der Waals surface area contributed by atoms with Crippen LogP contribution in [-0.4, -0.2) is 58.2 Å². The third-order valence-corrected chi connectivity index (χ3v) is 4.60. The first kappa shape index (κ1) is 19.9. The molecule has 2 amide bonds. The summed E-state index contributed by atoms with van der Waals surface area (Å²) < 4.78 is 0. The highest BCUT2D eigenvalue weighted by Gasteiger charge is 2.32. The number of aliphatic carboxylic acids is 1. The molecule has 0 spiro atoms.